The SMILES string of the molecule is CC/C=C1\[C@@H](O)C(=O)N(c2ccccc2)[C@H]1C(F)(F)F. The third-order valence-electron chi connectivity index (χ3n) is 3.15. The lowest BCUT2D eigenvalue weighted by Crippen LogP contribution is -2.44. The lowest BCUT2D eigenvalue weighted by molar-refractivity contribution is -0.141. The highest BCUT2D eigenvalue weighted by Gasteiger charge is 2.56. The minimum atomic E-state index is -4.63. The van der Waals surface area contributed by atoms with E-state index in [9.17, 15) is 23.1 Å². The summed E-state index contributed by atoms with van der Waals surface area (Å²) >= 11 is 0. The van der Waals surface area contributed by atoms with E-state index < -0.39 is 24.2 Å². The molecule has 1 N–H and O–H groups in total. The molecule has 20 heavy (non-hydrogen) atoms. The molecule has 6 heteroatoms. The highest BCUT2D eigenvalue weighted by molar-refractivity contribution is 6.03. The summed E-state index contributed by atoms with van der Waals surface area (Å²) in [5, 5.41) is 9.79. The highest BCUT2D eigenvalue weighted by atomic mass is 19.4. The molecule has 1 aliphatic heterocycles. The maximum Gasteiger partial charge on any atom is 0.413 e. The van der Waals surface area contributed by atoms with E-state index >= 15 is 0 Å². The molecule has 0 aromatic heterocycles. The van der Waals surface area contributed by atoms with Gasteiger partial charge in [0, 0.05) is 5.69 Å². The summed E-state index contributed by atoms with van der Waals surface area (Å²) in [6.07, 6.45) is -4.79. The molecule has 1 saturated heterocycles. The van der Waals surface area contributed by atoms with E-state index in [1.54, 1.807) is 25.1 Å². The first-order chi connectivity index (χ1) is 9.38. The van der Waals surface area contributed by atoms with Crippen LogP contribution in [0.5, 0.6) is 0 Å². The van der Waals surface area contributed by atoms with Crippen LogP contribution in [-0.2, 0) is 4.79 Å². The van der Waals surface area contributed by atoms with Gasteiger partial charge in [-0.25, -0.2) is 0 Å². The third kappa shape index (κ3) is 2.43. The predicted octanol–water partition coefficient (Wildman–Crippen LogP) is 2.66. The molecule has 1 aliphatic rings. The molecule has 2 rings (SSSR count). The summed E-state index contributed by atoms with van der Waals surface area (Å²) < 4.78 is 39.8. The van der Waals surface area contributed by atoms with Crippen molar-refractivity contribution >= 4 is 11.6 Å². The number of carbonyl (C=O) groups is 1. The first kappa shape index (κ1) is 14.6. The summed E-state index contributed by atoms with van der Waals surface area (Å²) in [4.78, 5) is 12.6. The van der Waals surface area contributed by atoms with Crippen LogP contribution in [0.2, 0.25) is 0 Å². The lowest BCUT2D eigenvalue weighted by atomic mass is 10.0. The Morgan fingerprint density at radius 1 is 1.30 bits per heavy atom. The maximum absolute atomic E-state index is 13.3. The van der Waals surface area contributed by atoms with Crippen LogP contribution in [-0.4, -0.2) is 29.3 Å². The summed E-state index contributed by atoms with van der Waals surface area (Å²) in [5.41, 5.74) is -0.174. The lowest BCUT2D eigenvalue weighted by Gasteiger charge is -2.27. The van der Waals surface area contributed by atoms with Crippen molar-refractivity contribution in [2.75, 3.05) is 4.90 Å². The monoisotopic (exact) mass is 285 g/mol. The number of nitrogens with zero attached hydrogens (tertiary/aromatic N) is 1. The van der Waals surface area contributed by atoms with Crippen LogP contribution in [0.4, 0.5) is 18.9 Å². The largest absolute Gasteiger partial charge is 0.413 e. The standard InChI is InChI=1S/C14H14F3NO2/c1-2-6-10-11(19)13(20)18(12(10)14(15,16)17)9-7-4-3-5-8-9/h3-8,11-12,19H,2H2,1H3/b10-6+/t11-,12-/m1/s1. The third-order valence-corrected chi connectivity index (χ3v) is 3.15. The van der Waals surface area contributed by atoms with Crippen LogP contribution >= 0.6 is 0 Å². The zero-order valence-corrected chi connectivity index (χ0v) is 10.8. The number of rotatable bonds is 2. The number of alkyl halides is 3. The molecule has 0 saturated carbocycles. The zero-order valence-electron chi connectivity index (χ0n) is 10.8. The van der Waals surface area contributed by atoms with Crippen LogP contribution in [0.1, 0.15) is 13.3 Å². The second-order valence-corrected chi connectivity index (χ2v) is 4.50. The number of allylic oxidation sites excluding steroid dienone is 1. The van der Waals surface area contributed by atoms with Gasteiger partial charge in [0.05, 0.1) is 0 Å². The van der Waals surface area contributed by atoms with E-state index in [2.05, 4.69) is 0 Å². The van der Waals surface area contributed by atoms with Crippen molar-refractivity contribution in [1.82, 2.24) is 0 Å². The van der Waals surface area contributed by atoms with Gasteiger partial charge in [-0.3, -0.25) is 9.69 Å². The summed E-state index contributed by atoms with van der Waals surface area (Å²) in [7, 11) is 0. The van der Waals surface area contributed by atoms with Crippen LogP contribution in [0.3, 0.4) is 0 Å². The fourth-order valence-electron chi connectivity index (χ4n) is 2.36. The topological polar surface area (TPSA) is 40.5 Å². The molecule has 1 amide bonds. The Balaban J connectivity index is 2.54. The molecular formula is C14H14F3NO2. The van der Waals surface area contributed by atoms with Gasteiger partial charge in [-0.15, -0.1) is 0 Å². The minimum Gasteiger partial charge on any atom is -0.379 e. The Morgan fingerprint density at radius 2 is 1.90 bits per heavy atom. The Bertz CT molecular complexity index is 525. The number of carbonyl (C=O) groups excluding carboxylic acids is 1. The normalized spacial score (nSPS) is 25.6. The smallest absolute Gasteiger partial charge is 0.379 e. The number of aliphatic hydroxyl groups is 1. The van der Waals surface area contributed by atoms with E-state index in [4.69, 9.17) is 0 Å². The van der Waals surface area contributed by atoms with E-state index in [1.165, 1.54) is 18.2 Å². The predicted molar refractivity (Wildman–Crippen MR) is 68.2 cm³/mol. The van der Waals surface area contributed by atoms with Gasteiger partial charge in [0.15, 0.2) is 12.1 Å². The first-order valence-corrected chi connectivity index (χ1v) is 6.20. The molecule has 108 valence electrons. The van der Waals surface area contributed by atoms with Crippen LogP contribution in [0, 0.1) is 0 Å². The van der Waals surface area contributed by atoms with Gasteiger partial charge in [-0.1, -0.05) is 31.2 Å². The number of para-hydroxylation sites is 1. The van der Waals surface area contributed by atoms with Gasteiger partial charge >= 0.3 is 6.18 Å². The van der Waals surface area contributed by atoms with Gasteiger partial charge in [0.25, 0.3) is 5.91 Å². The van der Waals surface area contributed by atoms with E-state index in [0.717, 1.165) is 0 Å². The Hall–Kier alpha value is -1.82. The fourth-order valence-corrected chi connectivity index (χ4v) is 2.36. The van der Waals surface area contributed by atoms with Crippen molar-refractivity contribution in [3.8, 4) is 0 Å². The molecule has 0 radical (unpaired) electrons. The molecule has 1 aromatic carbocycles. The van der Waals surface area contributed by atoms with E-state index in [0.29, 0.717) is 11.3 Å². The molecule has 1 fully saturated rings. The van der Waals surface area contributed by atoms with Crippen molar-refractivity contribution in [2.24, 2.45) is 0 Å². The molecule has 3 nitrogen and oxygen atoms in total. The molecule has 2 atom stereocenters. The average Bonchev–Trinajstić information content (AvgIpc) is 2.65. The van der Waals surface area contributed by atoms with Crippen molar-refractivity contribution in [3.63, 3.8) is 0 Å². The quantitative estimate of drug-likeness (QED) is 0.849. The second kappa shape index (κ2) is 5.28. The molecule has 1 aromatic rings. The van der Waals surface area contributed by atoms with Crippen LogP contribution < -0.4 is 4.90 Å². The van der Waals surface area contributed by atoms with E-state index in [-0.39, 0.29) is 11.3 Å². The molecule has 0 unspecified atom stereocenters. The van der Waals surface area contributed by atoms with Gasteiger partial charge in [-0.05, 0) is 24.1 Å². The number of hydrogen-bond acceptors (Lipinski definition) is 2. The van der Waals surface area contributed by atoms with E-state index in [1.807, 2.05) is 0 Å². The first-order valence-electron chi connectivity index (χ1n) is 6.20. The number of benzene rings is 1. The van der Waals surface area contributed by atoms with Gasteiger partial charge < -0.3 is 5.11 Å². The van der Waals surface area contributed by atoms with Crippen molar-refractivity contribution < 1.29 is 23.1 Å². The molecular weight excluding hydrogens is 271 g/mol. The van der Waals surface area contributed by atoms with Crippen molar-refractivity contribution in [3.05, 3.63) is 42.0 Å². The van der Waals surface area contributed by atoms with Crippen molar-refractivity contribution in [2.45, 2.75) is 31.7 Å². The summed E-state index contributed by atoms with van der Waals surface area (Å²) in [6.45, 7) is 1.66. The molecule has 1 heterocycles. The van der Waals surface area contributed by atoms with Crippen LogP contribution in [0.25, 0.3) is 0 Å². The van der Waals surface area contributed by atoms with Crippen molar-refractivity contribution in [1.29, 1.82) is 0 Å². The minimum absolute atomic E-state index is 0.123. The van der Waals surface area contributed by atoms with Gasteiger partial charge in [-0.2, -0.15) is 13.2 Å². The van der Waals surface area contributed by atoms with Gasteiger partial charge in [0.1, 0.15) is 0 Å². The molecule has 0 aliphatic carbocycles. The zero-order chi connectivity index (χ0) is 14.9. The molecule has 0 bridgehead atoms. The summed E-state index contributed by atoms with van der Waals surface area (Å²) in [5.74, 6) is -0.946. The second-order valence-electron chi connectivity index (χ2n) is 4.50. The maximum atomic E-state index is 13.3. The number of anilines is 1. The van der Waals surface area contributed by atoms with Crippen LogP contribution in [0.15, 0.2) is 42.0 Å². The Labute approximate surface area is 114 Å². The van der Waals surface area contributed by atoms with Gasteiger partial charge in [0.2, 0.25) is 0 Å². The fraction of sp³-hybridized carbons (Fsp3) is 0.357. The number of hydrogen-bond donors (Lipinski definition) is 1. The Morgan fingerprint density at radius 3 is 2.40 bits per heavy atom. The summed E-state index contributed by atoms with van der Waals surface area (Å²) in [6, 6.07) is 5.46. The number of amides is 1. The number of aliphatic hydroxyl groups excluding tert-OH is 1. The highest BCUT2D eigenvalue weighted by Crippen LogP contribution is 2.40. The molecule has 0 spiro atoms. The Kier molecular flexibility index (Phi) is 3.85. The average molecular weight is 285 g/mol. The number of halogens is 3.